The second-order valence-corrected chi connectivity index (χ2v) is 5.06. The van der Waals surface area contributed by atoms with Gasteiger partial charge in [0.2, 0.25) is 5.91 Å². The van der Waals surface area contributed by atoms with Crippen LogP contribution in [0.3, 0.4) is 0 Å². The summed E-state index contributed by atoms with van der Waals surface area (Å²) in [5.41, 5.74) is 0.282. The molecule has 1 amide bonds. The first-order valence-corrected chi connectivity index (χ1v) is 7.47. The van der Waals surface area contributed by atoms with Gasteiger partial charge in [-0.2, -0.15) is 0 Å². The molecule has 1 heterocycles. The third kappa shape index (κ3) is 4.02. The molecule has 8 heteroatoms. The van der Waals surface area contributed by atoms with Crippen molar-refractivity contribution >= 4 is 16.8 Å². The lowest BCUT2D eigenvalue weighted by molar-refractivity contribution is -0.121. The molecular formula is C16H21N3O5. The number of nitrogens with zero attached hydrogens (tertiary/aromatic N) is 2. The van der Waals surface area contributed by atoms with Crippen molar-refractivity contribution in [1.82, 2.24) is 14.9 Å². The minimum atomic E-state index is -0.231. The SMILES string of the molecule is COCCNC(=O)CCn1cnc2cc(OC)c(OC)cc2c1=O. The van der Waals surface area contributed by atoms with E-state index in [2.05, 4.69) is 10.3 Å². The zero-order chi connectivity index (χ0) is 17.5. The molecule has 0 aliphatic rings. The van der Waals surface area contributed by atoms with Crippen molar-refractivity contribution in [2.45, 2.75) is 13.0 Å². The number of carbonyl (C=O) groups is 1. The molecule has 0 spiro atoms. The average molecular weight is 335 g/mol. The molecule has 2 aromatic rings. The molecule has 0 fully saturated rings. The fourth-order valence-electron chi connectivity index (χ4n) is 2.25. The maximum absolute atomic E-state index is 12.5. The Morgan fingerprint density at radius 1 is 1.21 bits per heavy atom. The molecule has 130 valence electrons. The summed E-state index contributed by atoms with van der Waals surface area (Å²) in [5, 5.41) is 3.12. The number of ether oxygens (including phenoxy) is 3. The van der Waals surface area contributed by atoms with Crippen LogP contribution in [0.5, 0.6) is 11.5 Å². The molecule has 0 atom stereocenters. The molecule has 0 aliphatic carbocycles. The molecule has 24 heavy (non-hydrogen) atoms. The summed E-state index contributed by atoms with van der Waals surface area (Å²) in [4.78, 5) is 28.5. The molecular weight excluding hydrogens is 314 g/mol. The zero-order valence-electron chi connectivity index (χ0n) is 14.0. The van der Waals surface area contributed by atoms with Gasteiger partial charge < -0.3 is 19.5 Å². The van der Waals surface area contributed by atoms with Crippen LogP contribution in [0.1, 0.15) is 6.42 Å². The van der Waals surface area contributed by atoms with Crippen LogP contribution in [-0.4, -0.2) is 49.9 Å². The van der Waals surface area contributed by atoms with Gasteiger partial charge >= 0.3 is 0 Å². The molecule has 1 N–H and O–H groups in total. The van der Waals surface area contributed by atoms with E-state index in [1.54, 1.807) is 19.2 Å². The fourth-order valence-corrected chi connectivity index (χ4v) is 2.25. The molecule has 0 bridgehead atoms. The summed E-state index contributed by atoms with van der Waals surface area (Å²) in [7, 11) is 4.59. The van der Waals surface area contributed by atoms with E-state index < -0.39 is 0 Å². The number of amides is 1. The minimum absolute atomic E-state index is 0.147. The van der Waals surface area contributed by atoms with E-state index in [0.717, 1.165) is 0 Å². The predicted octanol–water partition coefficient (Wildman–Crippen LogP) is 0.566. The first-order chi connectivity index (χ1) is 11.6. The monoisotopic (exact) mass is 335 g/mol. The highest BCUT2D eigenvalue weighted by Gasteiger charge is 2.11. The lowest BCUT2D eigenvalue weighted by atomic mass is 10.2. The molecule has 0 saturated heterocycles. The van der Waals surface area contributed by atoms with Gasteiger partial charge in [-0.15, -0.1) is 0 Å². The van der Waals surface area contributed by atoms with Crippen molar-refractivity contribution in [3.8, 4) is 11.5 Å². The van der Waals surface area contributed by atoms with Gasteiger partial charge in [0.15, 0.2) is 11.5 Å². The van der Waals surface area contributed by atoms with E-state index >= 15 is 0 Å². The van der Waals surface area contributed by atoms with Crippen LogP contribution in [0.25, 0.3) is 10.9 Å². The first kappa shape index (κ1) is 17.7. The van der Waals surface area contributed by atoms with Gasteiger partial charge in [-0.3, -0.25) is 14.2 Å². The third-order valence-electron chi connectivity index (χ3n) is 3.54. The number of hydrogen-bond donors (Lipinski definition) is 1. The Bertz CT molecular complexity index is 772. The van der Waals surface area contributed by atoms with Gasteiger partial charge in [0.1, 0.15) is 0 Å². The van der Waals surface area contributed by atoms with Crippen molar-refractivity contribution < 1.29 is 19.0 Å². The van der Waals surface area contributed by atoms with Crippen LogP contribution in [0.15, 0.2) is 23.3 Å². The van der Waals surface area contributed by atoms with E-state index in [4.69, 9.17) is 14.2 Å². The molecule has 8 nitrogen and oxygen atoms in total. The molecule has 0 radical (unpaired) electrons. The Morgan fingerprint density at radius 2 is 1.92 bits per heavy atom. The van der Waals surface area contributed by atoms with Gasteiger partial charge in [-0.1, -0.05) is 0 Å². The highest BCUT2D eigenvalue weighted by Crippen LogP contribution is 2.29. The molecule has 1 aromatic heterocycles. The van der Waals surface area contributed by atoms with Gasteiger partial charge in [0.25, 0.3) is 5.56 Å². The van der Waals surface area contributed by atoms with E-state index in [0.29, 0.717) is 35.6 Å². The number of aromatic nitrogens is 2. The molecule has 0 unspecified atom stereocenters. The minimum Gasteiger partial charge on any atom is -0.493 e. The standard InChI is InChI=1S/C16H21N3O5/c1-22-7-5-17-15(20)4-6-19-10-18-12-9-14(24-3)13(23-2)8-11(12)16(19)21/h8-10H,4-7H2,1-3H3,(H,17,20). The van der Waals surface area contributed by atoms with Crippen LogP contribution >= 0.6 is 0 Å². The maximum atomic E-state index is 12.5. The van der Waals surface area contributed by atoms with Crippen molar-refractivity contribution in [3.05, 3.63) is 28.8 Å². The molecule has 2 rings (SSSR count). The van der Waals surface area contributed by atoms with Crippen molar-refractivity contribution in [2.75, 3.05) is 34.5 Å². The van der Waals surface area contributed by atoms with E-state index in [9.17, 15) is 9.59 Å². The van der Waals surface area contributed by atoms with E-state index in [1.165, 1.54) is 25.1 Å². The molecule has 1 aromatic carbocycles. The van der Waals surface area contributed by atoms with Gasteiger partial charge in [0, 0.05) is 32.7 Å². The first-order valence-electron chi connectivity index (χ1n) is 7.47. The zero-order valence-corrected chi connectivity index (χ0v) is 14.0. The topological polar surface area (TPSA) is 91.7 Å². The normalized spacial score (nSPS) is 10.6. The summed E-state index contributed by atoms with van der Waals surface area (Å²) in [6.45, 7) is 1.14. The molecule has 0 aliphatic heterocycles. The number of nitrogens with one attached hydrogen (secondary N) is 1. The second-order valence-electron chi connectivity index (χ2n) is 5.06. The fraction of sp³-hybridized carbons (Fsp3) is 0.438. The Labute approximate surface area is 139 Å². The number of rotatable bonds is 8. The number of benzene rings is 1. The Kier molecular flexibility index (Phi) is 6.14. The Balaban J connectivity index is 2.19. The number of fused-ring (bicyclic) bond motifs is 1. The van der Waals surface area contributed by atoms with E-state index in [1.807, 2.05) is 0 Å². The van der Waals surface area contributed by atoms with Crippen LogP contribution in [-0.2, 0) is 16.1 Å². The van der Waals surface area contributed by atoms with Crippen LogP contribution < -0.4 is 20.3 Å². The van der Waals surface area contributed by atoms with Crippen LogP contribution in [0.4, 0.5) is 0 Å². The average Bonchev–Trinajstić information content (AvgIpc) is 2.60. The summed E-state index contributed by atoms with van der Waals surface area (Å²) in [5.74, 6) is 0.817. The van der Waals surface area contributed by atoms with Crippen LogP contribution in [0, 0.1) is 0 Å². The highest BCUT2D eigenvalue weighted by atomic mass is 16.5. The largest absolute Gasteiger partial charge is 0.493 e. The predicted molar refractivity (Wildman–Crippen MR) is 88.6 cm³/mol. The third-order valence-corrected chi connectivity index (χ3v) is 3.54. The van der Waals surface area contributed by atoms with Gasteiger partial charge in [-0.05, 0) is 6.07 Å². The van der Waals surface area contributed by atoms with Gasteiger partial charge in [-0.25, -0.2) is 4.98 Å². The highest BCUT2D eigenvalue weighted by molar-refractivity contribution is 5.81. The summed E-state index contributed by atoms with van der Waals surface area (Å²) < 4.78 is 16.7. The smallest absolute Gasteiger partial charge is 0.261 e. The Morgan fingerprint density at radius 3 is 2.58 bits per heavy atom. The summed E-state index contributed by atoms with van der Waals surface area (Å²) in [6, 6.07) is 3.25. The van der Waals surface area contributed by atoms with E-state index in [-0.39, 0.29) is 24.4 Å². The second kappa shape index (κ2) is 8.30. The maximum Gasteiger partial charge on any atom is 0.261 e. The summed E-state index contributed by atoms with van der Waals surface area (Å²) >= 11 is 0. The number of aryl methyl sites for hydroxylation is 1. The number of carbonyl (C=O) groups excluding carboxylic acids is 1. The number of hydrogen-bond acceptors (Lipinski definition) is 6. The van der Waals surface area contributed by atoms with Crippen LogP contribution in [0.2, 0.25) is 0 Å². The summed E-state index contributed by atoms with van der Waals surface area (Å²) in [6.07, 6.45) is 1.61. The van der Waals surface area contributed by atoms with Gasteiger partial charge in [0.05, 0.1) is 38.1 Å². The van der Waals surface area contributed by atoms with Crippen molar-refractivity contribution in [2.24, 2.45) is 0 Å². The van der Waals surface area contributed by atoms with Crippen molar-refractivity contribution in [1.29, 1.82) is 0 Å². The molecule has 0 saturated carbocycles. The lowest BCUT2D eigenvalue weighted by Gasteiger charge is -2.10. The van der Waals surface area contributed by atoms with Crippen molar-refractivity contribution in [3.63, 3.8) is 0 Å². The number of methoxy groups -OCH3 is 3. The quantitative estimate of drug-likeness (QED) is 0.709. The lowest BCUT2D eigenvalue weighted by Crippen LogP contribution is -2.29. The Hall–Kier alpha value is -2.61.